The highest BCUT2D eigenvalue weighted by molar-refractivity contribution is 5.91. The standard InChI is InChI=1S/C23H20N2O7/c1-3-23(30)15-8-17-20-11(9-25(17)21(28)14(15)10-32-22(23)29)6-12-13(7-19(26)27)18(31-2)5-4-16(12)24-20/h4-6,8,30H,3,7,9-10H2,1-2H3,(H,26,27). The molecule has 164 valence electrons. The number of aliphatic hydroxyl groups is 1. The van der Waals surface area contributed by atoms with Crippen molar-refractivity contribution in [1.29, 1.82) is 0 Å². The highest BCUT2D eigenvalue weighted by atomic mass is 16.6. The first-order chi connectivity index (χ1) is 15.3. The van der Waals surface area contributed by atoms with Gasteiger partial charge in [-0.25, -0.2) is 9.78 Å². The van der Waals surface area contributed by atoms with Gasteiger partial charge in [0.05, 0.1) is 42.5 Å². The highest BCUT2D eigenvalue weighted by Crippen LogP contribution is 2.39. The van der Waals surface area contributed by atoms with Crippen LogP contribution in [-0.2, 0) is 39.5 Å². The lowest BCUT2D eigenvalue weighted by Crippen LogP contribution is -2.44. The van der Waals surface area contributed by atoms with Crippen LogP contribution in [0.1, 0.15) is 35.6 Å². The zero-order chi connectivity index (χ0) is 22.8. The summed E-state index contributed by atoms with van der Waals surface area (Å²) in [6, 6.07) is 6.88. The Kier molecular flexibility index (Phi) is 4.35. The monoisotopic (exact) mass is 436 g/mol. The van der Waals surface area contributed by atoms with E-state index in [9.17, 15) is 24.6 Å². The molecule has 9 heteroatoms. The fourth-order valence-electron chi connectivity index (χ4n) is 4.62. The lowest BCUT2D eigenvalue weighted by atomic mass is 9.86. The molecule has 0 saturated heterocycles. The summed E-state index contributed by atoms with van der Waals surface area (Å²) in [6.45, 7) is 1.70. The number of carboxylic acid groups (broad SMARTS) is 1. The van der Waals surface area contributed by atoms with Gasteiger partial charge in [-0.1, -0.05) is 6.92 Å². The summed E-state index contributed by atoms with van der Waals surface area (Å²) in [4.78, 5) is 41.6. The fraction of sp³-hybridized carbons (Fsp3) is 0.304. The fourth-order valence-corrected chi connectivity index (χ4v) is 4.62. The Labute approximate surface area is 181 Å². The van der Waals surface area contributed by atoms with E-state index in [2.05, 4.69) is 0 Å². The zero-order valence-electron chi connectivity index (χ0n) is 17.5. The normalized spacial score (nSPS) is 18.7. The van der Waals surface area contributed by atoms with Gasteiger partial charge in [-0.15, -0.1) is 0 Å². The first-order valence-corrected chi connectivity index (χ1v) is 10.2. The Morgan fingerprint density at radius 2 is 2.09 bits per heavy atom. The molecule has 1 aromatic carbocycles. The average Bonchev–Trinajstić information content (AvgIpc) is 3.13. The summed E-state index contributed by atoms with van der Waals surface area (Å²) < 4.78 is 12.0. The minimum atomic E-state index is -1.88. The van der Waals surface area contributed by atoms with Gasteiger partial charge in [0.1, 0.15) is 12.4 Å². The lowest BCUT2D eigenvalue weighted by Gasteiger charge is -2.31. The summed E-state index contributed by atoms with van der Waals surface area (Å²) >= 11 is 0. The van der Waals surface area contributed by atoms with Crippen LogP contribution in [0.2, 0.25) is 0 Å². The second-order valence-corrected chi connectivity index (χ2v) is 7.98. The number of fused-ring (bicyclic) bond motifs is 5. The van der Waals surface area contributed by atoms with Crippen LogP contribution in [-0.4, -0.2) is 38.8 Å². The van der Waals surface area contributed by atoms with Crippen molar-refractivity contribution in [3.8, 4) is 17.1 Å². The molecule has 4 heterocycles. The molecule has 5 rings (SSSR count). The average molecular weight is 436 g/mol. The van der Waals surface area contributed by atoms with Crippen LogP contribution in [0.15, 0.2) is 29.1 Å². The van der Waals surface area contributed by atoms with Crippen LogP contribution in [0.5, 0.6) is 5.75 Å². The quantitative estimate of drug-likeness (QED) is 0.463. The van der Waals surface area contributed by atoms with E-state index in [-0.39, 0.29) is 42.7 Å². The van der Waals surface area contributed by atoms with E-state index in [1.165, 1.54) is 7.11 Å². The van der Waals surface area contributed by atoms with Crippen molar-refractivity contribution in [2.24, 2.45) is 0 Å². The van der Waals surface area contributed by atoms with Crippen LogP contribution in [0, 0.1) is 0 Å². The lowest BCUT2D eigenvalue weighted by molar-refractivity contribution is -0.172. The predicted molar refractivity (Wildman–Crippen MR) is 112 cm³/mol. The first-order valence-electron chi connectivity index (χ1n) is 10.2. The van der Waals surface area contributed by atoms with Crippen molar-refractivity contribution in [2.75, 3.05) is 7.11 Å². The minimum Gasteiger partial charge on any atom is -0.496 e. The largest absolute Gasteiger partial charge is 0.496 e. The Morgan fingerprint density at radius 1 is 1.31 bits per heavy atom. The molecule has 0 bridgehead atoms. The number of aromatic nitrogens is 2. The summed E-state index contributed by atoms with van der Waals surface area (Å²) in [6.07, 6.45) is -0.163. The molecule has 2 aliphatic rings. The molecular formula is C23H20N2O7. The Hall–Kier alpha value is -3.72. The van der Waals surface area contributed by atoms with Gasteiger partial charge >= 0.3 is 11.9 Å². The van der Waals surface area contributed by atoms with Crippen LogP contribution in [0.25, 0.3) is 22.3 Å². The number of methoxy groups -OCH3 is 1. The summed E-state index contributed by atoms with van der Waals surface area (Å²) in [7, 11) is 1.48. The van der Waals surface area contributed by atoms with E-state index >= 15 is 0 Å². The van der Waals surface area contributed by atoms with E-state index in [0.717, 1.165) is 5.56 Å². The number of carbonyl (C=O) groups excluding carboxylic acids is 1. The smallest absolute Gasteiger partial charge is 0.343 e. The number of cyclic esters (lactones) is 1. The number of nitrogens with zero attached hydrogens (tertiary/aromatic N) is 2. The summed E-state index contributed by atoms with van der Waals surface area (Å²) in [5, 5.41) is 20.9. The van der Waals surface area contributed by atoms with Crippen molar-refractivity contribution in [3.63, 3.8) is 0 Å². The number of carbonyl (C=O) groups is 2. The molecule has 1 atom stereocenters. The van der Waals surface area contributed by atoms with Gasteiger partial charge in [0.25, 0.3) is 5.56 Å². The molecular weight excluding hydrogens is 416 g/mol. The molecule has 9 nitrogen and oxygen atoms in total. The van der Waals surface area contributed by atoms with Crippen LogP contribution in [0.3, 0.4) is 0 Å². The number of aliphatic carboxylic acids is 1. The maximum atomic E-state index is 13.2. The van der Waals surface area contributed by atoms with Gasteiger partial charge in [0.15, 0.2) is 5.60 Å². The molecule has 0 saturated carbocycles. The molecule has 0 amide bonds. The number of pyridine rings is 2. The molecule has 32 heavy (non-hydrogen) atoms. The topological polar surface area (TPSA) is 128 Å². The predicted octanol–water partition coefficient (Wildman–Crippen LogP) is 1.72. The zero-order valence-corrected chi connectivity index (χ0v) is 17.5. The maximum Gasteiger partial charge on any atom is 0.343 e. The number of carboxylic acids is 1. The minimum absolute atomic E-state index is 0.0675. The van der Waals surface area contributed by atoms with Crippen LogP contribution >= 0.6 is 0 Å². The second-order valence-electron chi connectivity index (χ2n) is 7.98. The molecule has 0 aliphatic carbocycles. The Morgan fingerprint density at radius 3 is 2.78 bits per heavy atom. The molecule has 0 fully saturated rings. The van der Waals surface area contributed by atoms with Gasteiger partial charge in [-0.05, 0) is 30.7 Å². The summed E-state index contributed by atoms with van der Waals surface area (Å²) in [5.74, 6) is -1.31. The van der Waals surface area contributed by atoms with Crippen molar-refractivity contribution in [3.05, 3.63) is 56.9 Å². The third-order valence-electron chi connectivity index (χ3n) is 6.31. The number of ether oxygens (including phenoxy) is 2. The van der Waals surface area contributed by atoms with E-state index in [1.807, 2.05) is 6.07 Å². The van der Waals surface area contributed by atoms with Crippen molar-refractivity contribution in [2.45, 2.75) is 38.5 Å². The van der Waals surface area contributed by atoms with Gasteiger partial charge in [-0.3, -0.25) is 9.59 Å². The number of rotatable bonds is 4. The number of esters is 1. The number of hydrogen-bond donors (Lipinski definition) is 2. The molecule has 0 radical (unpaired) electrons. The van der Waals surface area contributed by atoms with E-state index in [0.29, 0.717) is 33.6 Å². The molecule has 0 spiro atoms. The number of benzene rings is 1. The van der Waals surface area contributed by atoms with E-state index in [4.69, 9.17) is 14.5 Å². The number of hydrogen-bond acceptors (Lipinski definition) is 7. The Balaban J connectivity index is 1.75. The molecule has 3 aromatic rings. The van der Waals surface area contributed by atoms with Crippen LogP contribution < -0.4 is 10.3 Å². The maximum absolute atomic E-state index is 13.2. The van der Waals surface area contributed by atoms with E-state index < -0.39 is 17.5 Å². The van der Waals surface area contributed by atoms with Gasteiger partial charge < -0.3 is 24.3 Å². The van der Waals surface area contributed by atoms with Crippen molar-refractivity contribution >= 4 is 22.8 Å². The van der Waals surface area contributed by atoms with Gasteiger partial charge in [0.2, 0.25) is 0 Å². The molecule has 1 unspecified atom stereocenters. The summed E-state index contributed by atoms with van der Waals surface area (Å²) in [5.41, 5.74) is 1.14. The van der Waals surface area contributed by atoms with Crippen LogP contribution in [0.4, 0.5) is 0 Å². The third kappa shape index (κ3) is 2.67. The van der Waals surface area contributed by atoms with Crippen molar-refractivity contribution in [1.82, 2.24) is 9.55 Å². The molecule has 2 aromatic heterocycles. The second kappa shape index (κ2) is 6.89. The van der Waals surface area contributed by atoms with Gasteiger partial charge in [0, 0.05) is 22.1 Å². The molecule has 2 N–H and O–H groups in total. The van der Waals surface area contributed by atoms with E-state index in [1.54, 1.807) is 29.7 Å². The van der Waals surface area contributed by atoms with Gasteiger partial charge in [-0.2, -0.15) is 0 Å². The highest BCUT2D eigenvalue weighted by Gasteiger charge is 2.45. The SMILES string of the molecule is CCC1(O)C(=O)OCc2c1cc1n(c2=O)Cc2cc3c(CC(=O)O)c(OC)ccc3nc2-1. The van der Waals surface area contributed by atoms with Crippen molar-refractivity contribution < 1.29 is 29.3 Å². The molecule has 2 aliphatic heterocycles. The Bertz CT molecular complexity index is 1390. The third-order valence-corrected chi connectivity index (χ3v) is 6.31. The first kappa shape index (κ1) is 20.2.